The van der Waals surface area contributed by atoms with Gasteiger partial charge >= 0.3 is 0 Å². The average Bonchev–Trinajstić information content (AvgIpc) is 2.80. The Kier molecular flexibility index (Phi) is 2.87. The monoisotopic (exact) mass is 295 g/mol. The van der Waals surface area contributed by atoms with Gasteiger partial charge in [0.2, 0.25) is 5.28 Å². The van der Waals surface area contributed by atoms with Crippen LogP contribution in [0.2, 0.25) is 5.28 Å². The number of carbonyl (C=O) groups excluding carboxylic acids is 1. The van der Waals surface area contributed by atoms with Gasteiger partial charge in [0.15, 0.2) is 11.5 Å². The Hall–Kier alpha value is -1.73. The van der Waals surface area contributed by atoms with E-state index in [-0.39, 0.29) is 11.2 Å². The van der Waals surface area contributed by atoms with E-state index >= 15 is 0 Å². The Morgan fingerprint density at radius 1 is 1.47 bits per heavy atom. The summed E-state index contributed by atoms with van der Waals surface area (Å²) in [6, 6.07) is 0. The second-order valence-electron chi connectivity index (χ2n) is 4.00. The second kappa shape index (κ2) is 4.43. The number of hydrogen-bond donors (Lipinski definition) is 1. The predicted octanol–water partition coefficient (Wildman–Crippen LogP) is 2.48. The zero-order valence-electron chi connectivity index (χ0n) is 10.3. The van der Waals surface area contributed by atoms with Gasteiger partial charge in [0.05, 0.1) is 11.2 Å². The van der Waals surface area contributed by atoms with E-state index in [1.807, 2.05) is 18.9 Å². The molecule has 3 heterocycles. The fourth-order valence-electron chi connectivity index (χ4n) is 1.86. The van der Waals surface area contributed by atoms with Gasteiger partial charge in [-0.25, -0.2) is 9.97 Å². The molecule has 0 atom stereocenters. The topological polar surface area (TPSA) is 71.0 Å². The van der Waals surface area contributed by atoms with Gasteiger partial charge in [-0.3, -0.25) is 4.79 Å². The molecule has 0 aliphatic carbocycles. The van der Waals surface area contributed by atoms with Gasteiger partial charge < -0.3 is 10.2 Å². The van der Waals surface area contributed by atoms with Gasteiger partial charge in [0.25, 0.3) is 5.91 Å². The van der Waals surface area contributed by atoms with Crippen LogP contribution in [0.1, 0.15) is 22.4 Å². The number of nitrogens with one attached hydrogen (secondary N) is 1. The molecular weight excluding hydrogens is 286 g/mol. The highest BCUT2D eigenvalue weighted by Gasteiger charge is 2.28. The molecule has 3 rings (SSSR count). The third-order valence-electron chi connectivity index (χ3n) is 2.78. The summed E-state index contributed by atoms with van der Waals surface area (Å²) in [6.07, 6.45) is 2.28. The summed E-state index contributed by atoms with van der Waals surface area (Å²) in [6.45, 7) is 2.00. The molecule has 98 valence electrons. The summed E-state index contributed by atoms with van der Waals surface area (Å²) in [5.41, 5.74) is 0.943. The van der Waals surface area contributed by atoms with Crippen LogP contribution in [0.15, 0.2) is 6.20 Å². The van der Waals surface area contributed by atoms with Crippen molar-refractivity contribution < 1.29 is 4.79 Å². The lowest BCUT2D eigenvalue weighted by Gasteiger charge is -2.16. The van der Waals surface area contributed by atoms with Crippen molar-refractivity contribution in [1.29, 1.82) is 0 Å². The summed E-state index contributed by atoms with van der Waals surface area (Å²) in [7, 11) is 1.83. The first-order valence-corrected chi connectivity index (χ1v) is 6.87. The standard InChI is InChI=1S/C11H10ClN5OS/c1-3-6-15-7-9(18)14-5-4-13-11(12)16-8(5)17(2)10(7)19-6/h4H,3H2,1-2H3,(H,14,18). The molecule has 2 aromatic heterocycles. The smallest absolute Gasteiger partial charge is 0.277 e. The number of thiazole rings is 1. The molecule has 0 saturated heterocycles. The minimum Gasteiger partial charge on any atom is -0.317 e. The number of aryl methyl sites for hydroxylation is 1. The van der Waals surface area contributed by atoms with Crippen LogP contribution >= 0.6 is 22.9 Å². The number of hydrogen-bond acceptors (Lipinski definition) is 6. The van der Waals surface area contributed by atoms with Crippen LogP contribution in [0.5, 0.6) is 0 Å². The molecule has 0 unspecified atom stereocenters. The molecule has 0 radical (unpaired) electrons. The van der Waals surface area contributed by atoms with E-state index in [9.17, 15) is 4.79 Å². The minimum atomic E-state index is -0.248. The molecule has 8 heteroatoms. The van der Waals surface area contributed by atoms with Crippen molar-refractivity contribution >= 4 is 45.4 Å². The molecule has 1 aliphatic heterocycles. The first-order chi connectivity index (χ1) is 9.10. The number of rotatable bonds is 1. The molecule has 0 saturated carbocycles. The van der Waals surface area contributed by atoms with Gasteiger partial charge in [0.1, 0.15) is 10.7 Å². The number of carbonyl (C=O) groups is 1. The zero-order chi connectivity index (χ0) is 13.6. The van der Waals surface area contributed by atoms with Gasteiger partial charge in [-0.2, -0.15) is 4.98 Å². The Labute approximate surface area is 118 Å². The lowest BCUT2D eigenvalue weighted by molar-refractivity contribution is 0.102. The largest absolute Gasteiger partial charge is 0.317 e. The van der Waals surface area contributed by atoms with E-state index in [1.54, 1.807) is 0 Å². The molecular formula is C11H10ClN5OS. The van der Waals surface area contributed by atoms with Gasteiger partial charge in [-0.15, -0.1) is 11.3 Å². The maximum atomic E-state index is 12.1. The fraction of sp³-hybridized carbons (Fsp3) is 0.273. The maximum absolute atomic E-state index is 12.1. The van der Waals surface area contributed by atoms with E-state index in [2.05, 4.69) is 20.3 Å². The first kappa shape index (κ1) is 12.3. The number of amides is 1. The Morgan fingerprint density at radius 3 is 3.00 bits per heavy atom. The summed E-state index contributed by atoms with van der Waals surface area (Å²) in [5.74, 6) is 0.320. The maximum Gasteiger partial charge on any atom is 0.277 e. The van der Waals surface area contributed by atoms with Crippen LogP contribution in [0.4, 0.5) is 16.5 Å². The van der Waals surface area contributed by atoms with Crippen molar-refractivity contribution in [2.45, 2.75) is 13.3 Å². The molecule has 2 aromatic rings. The van der Waals surface area contributed by atoms with Crippen LogP contribution in [0, 0.1) is 0 Å². The molecule has 19 heavy (non-hydrogen) atoms. The van der Waals surface area contributed by atoms with E-state index in [0.717, 1.165) is 16.4 Å². The molecule has 1 amide bonds. The molecule has 0 spiro atoms. The lowest BCUT2D eigenvalue weighted by atomic mass is 10.4. The minimum absolute atomic E-state index is 0.142. The quantitative estimate of drug-likeness (QED) is 0.818. The fourth-order valence-corrected chi connectivity index (χ4v) is 2.95. The van der Waals surface area contributed by atoms with Gasteiger partial charge in [-0.1, -0.05) is 6.92 Å². The van der Waals surface area contributed by atoms with Crippen LogP contribution in [0.25, 0.3) is 0 Å². The summed E-state index contributed by atoms with van der Waals surface area (Å²) < 4.78 is 0. The highest BCUT2D eigenvalue weighted by atomic mass is 35.5. The normalized spacial score (nSPS) is 13.6. The van der Waals surface area contributed by atoms with E-state index in [4.69, 9.17) is 11.6 Å². The molecule has 0 fully saturated rings. The molecule has 1 aliphatic rings. The van der Waals surface area contributed by atoms with E-state index < -0.39 is 0 Å². The third kappa shape index (κ3) is 1.95. The molecule has 6 nitrogen and oxygen atoms in total. The van der Waals surface area contributed by atoms with E-state index in [0.29, 0.717) is 17.2 Å². The number of fused-ring (bicyclic) bond motifs is 2. The molecule has 0 bridgehead atoms. The predicted molar refractivity (Wildman–Crippen MR) is 74.6 cm³/mol. The SMILES string of the molecule is CCc1nc2c(s1)N(C)c1nc(Cl)ncc1NC2=O. The molecule has 0 aromatic carbocycles. The number of halogens is 1. The van der Waals surface area contributed by atoms with Crippen LogP contribution < -0.4 is 10.2 Å². The average molecular weight is 296 g/mol. The summed E-state index contributed by atoms with van der Waals surface area (Å²) in [5, 5.41) is 4.57. The Balaban J connectivity index is 2.20. The highest BCUT2D eigenvalue weighted by molar-refractivity contribution is 7.16. The van der Waals surface area contributed by atoms with Crippen LogP contribution in [0.3, 0.4) is 0 Å². The summed E-state index contributed by atoms with van der Waals surface area (Å²) in [4.78, 5) is 26.4. The lowest BCUT2D eigenvalue weighted by Crippen LogP contribution is -2.11. The van der Waals surface area contributed by atoms with Crippen molar-refractivity contribution in [2.24, 2.45) is 0 Å². The Bertz CT molecular complexity index is 671. The highest BCUT2D eigenvalue weighted by Crippen LogP contribution is 2.38. The number of anilines is 3. The number of aromatic nitrogens is 3. The first-order valence-electron chi connectivity index (χ1n) is 5.67. The Morgan fingerprint density at radius 2 is 2.26 bits per heavy atom. The second-order valence-corrected chi connectivity index (χ2v) is 5.40. The molecule has 1 N–H and O–H groups in total. The zero-order valence-corrected chi connectivity index (χ0v) is 11.8. The van der Waals surface area contributed by atoms with Crippen LogP contribution in [-0.2, 0) is 6.42 Å². The van der Waals surface area contributed by atoms with E-state index in [1.165, 1.54) is 17.5 Å². The van der Waals surface area contributed by atoms with Crippen molar-refractivity contribution in [3.05, 3.63) is 22.2 Å². The number of nitrogens with zero attached hydrogens (tertiary/aromatic N) is 4. The van der Waals surface area contributed by atoms with Crippen molar-refractivity contribution in [2.75, 3.05) is 17.3 Å². The third-order valence-corrected chi connectivity index (χ3v) is 4.24. The van der Waals surface area contributed by atoms with Crippen molar-refractivity contribution in [1.82, 2.24) is 15.0 Å². The van der Waals surface area contributed by atoms with Crippen LogP contribution in [-0.4, -0.2) is 27.9 Å². The van der Waals surface area contributed by atoms with Gasteiger partial charge in [0, 0.05) is 7.05 Å². The van der Waals surface area contributed by atoms with Crippen molar-refractivity contribution in [3.8, 4) is 0 Å². The van der Waals surface area contributed by atoms with Gasteiger partial charge in [-0.05, 0) is 18.0 Å². The van der Waals surface area contributed by atoms with Crippen molar-refractivity contribution in [3.63, 3.8) is 0 Å². The summed E-state index contributed by atoms with van der Waals surface area (Å²) >= 11 is 7.30.